The number of hydrogen-bond donors (Lipinski definition) is 3. The molecule has 0 bridgehead atoms. The van der Waals surface area contributed by atoms with Gasteiger partial charge in [-0.05, 0) is 58.0 Å². The number of thiocarbonyl (C=S) groups is 2. The summed E-state index contributed by atoms with van der Waals surface area (Å²) in [6.07, 6.45) is 4.23. The monoisotopic (exact) mass is 385 g/mol. The van der Waals surface area contributed by atoms with E-state index in [0.717, 1.165) is 50.4 Å². The van der Waals surface area contributed by atoms with Gasteiger partial charge < -0.3 is 25.8 Å². The molecule has 142 valence electrons. The van der Waals surface area contributed by atoms with E-state index in [1.165, 1.54) is 0 Å². The van der Waals surface area contributed by atoms with Gasteiger partial charge in [-0.25, -0.2) is 0 Å². The molecule has 6 nitrogen and oxygen atoms in total. The Morgan fingerprint density at radius 1 is 1.32 bits per heavy atom. The normalized spacial score (nSPS) is 25.9. The molecule has 0 aromatic rings. The zero-order chi connectivity index (χ0) is 18.7. The topological polar surface area (TPSA) is 59.6 Å². The van der Waals surface area contributed by atoms with Crippen LogP contribution in [0.2, 0.25) is 0 Å². The zero-order valence-corrected chi connectivity index (χ0v) is 17.4. The van der Waals surface area contributed by atoms with Gasteiger partial charge in [0.1, 0.15) is 12.2 Å². The van der Waals surface area contributed by atoms with Gasteiger partial charge in [0, 0.05) is 19.6 Å². The van der Waals surface area contributed by atoms with E-state index in [4.69, 9.17) is 24.4 Å². The molecule has 25 heavy (non-hydrogen) atoms. The molecule has 0 spiro atoms. The molecule has 3 N–H and O–H groups in total. The first-order valence-corrected chi connectivity index (χ1v) is 10.0. The molecular formula is C17H31N5OS2. The number of nitrogens with zero attached hydrogens (tertiary/aromatic N) is 2. The lowest BCUT2D eigenvalue weighted by atomic mass is 9.78. The maximum Gasteiger partial charge on any atom is 0.245 e. The van der Waals surface area contributed by atoms with Crippen molar-refractivity contribution in [2.75, 3.05) is 26.2 Å². The lowest BCUT2D eigenvalue weighted by Crippen LogP contribution is -2.80. The van der Waals surface area contributed by atoms with E-state index in [1.807, 2.05) is 6.92 Å². The Balaban J connectivity index is 2.49. The highest BCUT2D eigenvalue weighted by molar-refractivity contribution is 7.80. The van der Waals surface area contributed by atoms with Gasteiger partial charge in [0.2, 0.25) is 5.91 Å². The molecule has 2 aliphatic rings. The van der Waals surface area contributed by atoms with Crippen molar-refractivity contribution in [1.29, 1.82) is 0 Å². The fourth-order valence-corrected chi connectivity index (χ4v) is 4.80. The quantitative estimate of drug-likeness (QED) is 0.474. The highest BCUT2D eigenvalue weighted by Crippen LogP contribution is 2.40. The summed E-state index contributed by atoms with van der Waals surface area (Å²) in [5.41, 5.74) is -0.759. The van der Waals surface area contributed by atoms with Crippen molar-refractivity contribution in [1.82, 2.24) is 25.8 Å². The van der Waals surface area contributed by atoms with Gasteiger partial charge in [-0.1, -0.05) is 19.8 Å². The molecule has 0 radical (unpaired) electrons. The molecular weight excluding hydrogens is 354 g/mol. The molecule has 1 unspecified atom stereocenters. The molecule has 0 aromatic heterocycles. The van der Waals surface area contributed by atoms with Crippen molar-refractivity contribution in [3.63, 3.8) is 0 Å². The Labute approximate surface area is 162 Å². The van der Waals surface area contributed by atoms with Crippen molar-refractivity contribution in [2.24, 2.45) is 0 Å². The van der Waals surface area contributed by atoms with Gasteiger partial charge in [0.05, 0.1) is 5.54 Å². The number of nitrogens with one attached hydrogen (secondary N) is 3. The fourth-order valence-electron chi connectivity index (χ4n) is 4.09. The summed E-state index contributed by atoms with van der Waals surface area (Å²) >= 11 is 11.3. The van der Waals surface area contributed by atoms with Crippen LogP contribution in [0.4, 0.5) is 0 Å². The van der Waals surface area contributed by atoms with Crippen molar-refractivity contribution < 1.29 is 4.79 Å². The minimum absolute atomic E-state index is 0.0458. The highest BCUT2D eigenvalue weighted by atomic mass is 32.1. The van der Waals surface area contributed by atoms with Crippen molar-refractivity contribution in [3.05, 3.63) is 0 Å². The summed E-state index contributed by atoms with van der Waals surface area (Å²) in [5.74, 6) is -0.0458. The second kappa shape index (κ2) is 8.14. The molecule has 2 saturated heterocycles. The first-order chi connectivity index (χ1) is 11.8. The fraction of sp³-hybridized carbons (Fsp3) is 0.824. The number of unbranched alkanes of at least 4 members (excludes halogenated alkanes) is 2. The standard InChI is InChI=1S/C17H31N5OS2/c1-5-7-8-9-17(22-12-13(23)20-15(22)25)16(3,4)19-10-11-21(17)14(24)18-6-2/h19H,5-12H2,1-4H3,(H,18,24)(H,20,23,25). The minimum atomic E-state index is -0.476. The maximum absolute atomic E-state index is 12.1. The van der Waals surface area contributed by atoms with Crippen molar-refractivity contribution >= 4 is 40.6 Å². The number of carbonyl (C=O) groups is 1. The van der Waals surface area contributed by atoms with Crippen molar-refractivity contribution in [2.45, 2.75) is 64.6 Å². The third-order valence-electron chi connectivity index (χ3n) is 5.29. The third-order valence-corrected chi connectivity index (χ3v) is 5.98. The van der Waals surface area contributed by atoms with Crippen LogP contribution in [0.25, 0.3) is 0 Å². The summed E-state index contributed by atoms with van der Waals surface area (Å²) in [7, 11) is 0. The number of amides is 1. The van der Waals surface area contributed by atoms with Crippen LogP contribution < -0.4 is 16.0 Å². The Kier molecular flexibility index (Phi) is 6.62. The summed E-state index contributed by atoms with van der Waals surface area (Å²) in [4.78, 5) is 16.4. The van der Waals surface area contributed by atoms with Crippen LogP contribution in [0.15, 0.2) is 0 Å². The van der Waals surface area contributed by atoms with E-state index in [0.29, 0.717) is 5.11 Å². The largest absolute Gasteiger partial charge is 0.363 e. The SMILES string of the molecule is CCCCCC1(N2CC(=O)NC2=S)N(C(=S)NCC)CCNC1(C)C. The number of piperazine rings is 1. The van der Waals surface area contributed by atoms with E-state index < -0.39 is 5.66 Å². The molecule has 2 aliphatic heterocycles. The minimum Gasteiger partial charge on any atom is -0.363 e. The highest BCUT2D eigenvalue weighted by Gasteiger charge is 2.58. The van der Waals surface area contributed by atoms with Gasteiger partial charge >= 0.3 is 0 Å². The van der Waals surface area contributed by atoms with E-state index in [9.17, 15) is 4.79 Å². The summed E-state index contributed by atoms with van der Waals surface area (Å²) < 4.78 is 0. The van der Waals surface area contributed by atoms with Gasteiger partial charge in [-0.3, -0.25) is 4.79 Å². The average molecular weight is 386 g/mol. The van der Waals surface area contributed by atoms with Gasteiger partial charge in [0.15, 0.2) is 10.2 Å². The molecule has 0 saturated carbocycles. The maximum atomic E-state index is 12.1. The van der Waals surface area contributed by atoms with Crippen LogP contribution in [0.1, 0.15) is 53.4 Å². The second-order valence-corrected chi connectivity index (χ2v) is 8.03. The summed E-state index contributed by atoms with van der Waals surface area (Å²) in [6.45, 7) is 11.3. The molecule has 0 aromatic carbocycles. The predicted molar refractivity (Wildman–Crippen MR) is 109 cm³/mol. The van der Waals surface area contributed by atoms with E-state index >= 15 is 0 Å². The Morgan fingerprint density at radius 2 is 2.04 bits per heavy atom. The lowest BCUT2D eigenvalue weighted by molar-refractivity contribution is -0.122. The van der Waals surface area contributed by atoms with Gasteiger partial charge in [0.25, 0.3) is 0 Å². The van der Waals surface area contributed by atoms with E-state index in [1.54, 1.807) is 0 Å². The van der Waals surface area contributed by atoms with E-state index in [-0.39, 0.29) is 18.0 Å². The van der Waals surface area contributed by atoms with Gasteiger partial charge in [-0.15, -0.1) is 0 Å². The summed E-state index contributed by atoms with van der Waals surface area (Å²) in [6, 6.07) is 0. The second-order valence-electron chi connectivity index (χ2n) is 7.25. The van der Waals surface area contributed by atoms with Crippen LogP contribution in [0.3, 0.4) is 0 Å². The van der Waals surface area contributed by atoms with Crippen LogP contribution in [-0.2, 0) is 4.79 Å². The Morgan fingerprint density at radius 3 is 2.60 bits per heavy atom. The number of rotatable bonds is 6. The molecule has 8 heteroatoms. The van der Waals surface area contributed by atoms with Crippen LogP contribution in [0, 0.1) is 0 Å². The molecule has 1 amide bonds. The number of carbonyl (C=O) groups excluding carboxylic acids is 1. The smallest absolute Gasteiger partial charge is 0.245 e. The van der Waals surface area contributed by atoms with E-state index in [2.05, 4.69) is 46.5 Å². The Bertz CT molecular complexity index is 539. The van der Waals surface area contributed by atoms with Crippen molar-refractivity contribution in [3.8, 4) is 0 Å². The van der Waals surface area contributed by atoms with Crippen LogP contribution >= 0.6 is 24.4 Å². The van der Waals surface area contributed by atoms with Crippen LogP contribution in [-0.4, -0.2) is 63.3 Å². The first kappa shape index (κ1) is 20.3. The molecule has 2 fully saturated rings. The molecule has 2 heterocycles. The van der Waals surface area contributed by atoms with Crippen LogP contribution in [0.5, 0.6) is 0 Å². The third kappa shape index (κ3) is 3.75. The first-order valence-electron chi connectivity index (χ1n) is 9.22. The lowest BCUT2D eigenvalue weighted by Gasteiger charge is -2.61. The average Bonchev–Trinajstić information content (AvgIpc) is 2.87. The zero-order valence-electron chi connectivity index (χ0n) is 15.8. The molecule has 1 atom stereocenters. The van der Waals surface area contributed by atoms with Gasteiger partial charge in [-0.2, -0.15) is 0 Å². The Hall–Kier alpha value is -0.990. The number of hydrogen-bond acceptors (Lipinski definition) is 4. The predicted octanol–water partition coefficient (Wildman–Crippen LogP) is 1.56. The molecule has 0 aliphatic carbocycles. The summed E-state index contributed by atoms with van der Waals surface area (Å²) in [5, 5.41) is 11.0. The molecule has 2 rings (SSSR count).